The summed E-state index contributed by atoms with van der Waals surface area (Å²) in [6, 6.07) is 20.8. The number of likely N-dealkylation sites (tertiary alicyclic amines) is 1. The zero-order valence-electron chi connectivity index (χ0n) is 32.3. The van der Waals surface area contributed by atoms with Crippen LogP contribution in [-0.2, 0) is 34.3 Å². The topological polar surface area (TPSA) is 135 Å². The predicted octanol–water partition coefficient (Wildman–Crippen LogP) is 5.03. The molecule has 2 fully saturated rings. The van der Waals surface area contributed by atoms with Gasteiger partial charge in [-0.25, -0.2) is 0 Å². The van der Waals surface area contributed by atoms with Crippen LogP contribution in [0.5, 0.6) is 11.5 Å². The third-order valence-electron chi connectivity index (χ3n) is 12.3. The Hall–Kier alpha value is -4.72. The fourth-order valence-electron chi connectivity index (χ4n) is 9.53. The van der Waals surface area contributed by atoms with Crippen molar-refractivity contribution in [3.05, 3.63) is 72.3 Å². The standard InChI is InChI=1S/C42H51N3O9Si/c1-27-40(55(4,5)31-18-16-30(51-2)17-19-31)36(24-37(47)43-22-10-11-29(43)25-46)54-42(27)32-23-28(45-34-12-6-7-13-35(34)53-26-38(45)48)15-20-33(32)44(41(42)50)21-9-8-14-39(49)52-3/h6-7,12-13,15-20,23,27,29,36,40,46H,8-11,14,21-22,24-26H2,1-5H3/t27-,29-,36+,40-,42+/m0/s1. The molecule has 0 aliphatic carbocycles. The molecule has 2 saturated heterocycles. The van der Waals surface area contributed by atoms with Gasteiger partial charge in [-0.3, -0.25) is 24.1 Å². The lowest BCUT2D eigenvalue weighted by Gasteiger charge is -2.37. The van der Waals surface area contributed by atoms with Crippen LogP contribution in [0.2, 0.25) is 18.6 Å². The summed E-state index contributed by atoms with van der Waals surface area (Å²) in [4.78, 5) is 60.1. The Bertz CT molecular complexity index is 1950. The summed E-state index contributed by atoms with van der Waals surface area (Å²) in [5.41, 5.74) is 0.876. The van der Waals surface area contributed by atoms with Gasteiger partial charge in [-0.1, -0.05) is 49.5 Å². The van der Waals surface area contributed by atoms with Crippen molar-refractivity contribution in [2.75, 3.05) is 50.3 Å². The summed E-state index contributed by atoms with van der Waals surface area (Å²) in [6.45, 7) is 7.30. The van der Waals surface area contributed by atoms with Crippen LogP contribution < -0.4 is 24.5 Å². The number of aliphatic hydroxyl groups excluding tert-OH is 1. The highest BCUT2D eigenvalue weighted by Gasteiger charge is 2.66. The number of nitrogens with zero attached hydrogens (tertiary/aromatic N) is 3. The Morgan fingerprint density at radius 3 is 2.49 bits per heavy atom. The van der Waals surface area contributed by atoms with Gasteiger partial charge in [-0.15, -0.1) is 0 Å². The van der Waals surface area contributed by atoms with Crippen molar-refractivity contribution in [3.63, 3.8) is 0 Å². The number of benzene rings is 3. The molecule has 12 nitrogen and oxygen atoms in total. The van der Waals surface area contributed by atoms with Crippen LogP contribution in [0.15, 0.2) is 66.7 Å². The average Bonchev–Trinajstić information content (AvgIpc) is 3.86. The summed E-state index contributed by atoms with van der Waals surface area (Å²) in [5, 5.41) is 11.3. The van der Waals surface area contributed by atoms with E-state index in [1.165, 1.54) is 7.11 Å². The number of rotatable bonds is 12. The maximum Gasteiger partial charge on any atom is 0.305 e. The number of anilines is 3. The molecule has 7 rings (SSSR count). The zero-order chi connectivity index (χ0) is 39.1. The molecule has 1 N–H and O–H groups in total. The van der Waals surface area contributed by atoms with Gasteiger partial charge in [0.15, 0.2) is 12.2 Å². The van der Waals surface area contributed by atoms with E-state index in [0.29, 0.717) is 54.3 Å². The molecule has 4 aliphatic heterocycles. The number of aliphatic hydroxyl groups is 1. The monoisotopic (exact) mass is 769 g/mol. The number of carbonyl (C=O) groups is 4. The summed E-state index contributed by atoms with van der Waals surface area (Å²) in [5.74, 6) is 0.0925. The van der Waals surface area contributed by atoms with Crippen molar-refractivity contribution in [1.29, 1.82) is 0 Å². The van der Waals surface area contributed by atoms with Gasteiger partial charge in [0.2, 0.25) is 5.91 Å². The van der Waals surface area contributed by atoms with Crippen LogP contribution in [0.25, 0.3) is 0 Å². The summed E-state index contributed by atoms with van der Waals surface area (Å²) >= 11 is 0. The highest BCUT2D eigenvalue weighted by Crippen LogP contribution is 2.60. The van der Waals surface area contributed by atoms with E-state index in [1.54, 1.807) is 21.8 Å². The van der Waals surface area contributed by atoms with Crippen LogP contribution in [0.1, 0.15) is 51.0 Å². The summed E-state index contributed by atoms with van der Waals surface area (Å²) in [6.07, 6.45) is 2.34. The smallest absolute Gasteiger partial charge is 0.305 e. The third kappa shape index (κ3) is 6.69. The van der Waals surface area contributed by atoms with Crippen LogP contribution in [-0.4, -0.2) is 94.4 Å². The van der Waals surface area contributed by atoms with Gasteiger partial charge in [0.05, 0.1) is 58.8 Å². The molecule has 5 atom stereocenters. The van der Waals surface area contributed by atoms with Crippen molar-refractivity contribution < 1.29 is 43.2 Å². The molecule has 0 aromatic heterocycles. The minimum absolute atomic E-state index is 0.0661. The minimum Gasteiger partial charge on any atom is -0.497 e. The molecule has 4 aliphatic rings. The van der Waals surface area contributed by atoms with Crippen LogP contribution >= 0.6 is 0 Å². The molecule has 0 radical (unpaired) electrons. The number of unbranched alkanes of at least 4 members (excludes halogenated alkanes) is 1. The normalized spacial score (nSPS) is 24.6. The molecule has 292 valence electrons. The van der Waals surface area contributed by atoms with Crippen LogP contribution in [0.4, 0.5) is 17.1 Å². The Labute approximate surface area is 323 Å². The van der Waals surface area contributed by atoms with Crippen molar-refractivity contribution in [2.45, 2.75) is 81.8 Å². The molecule has 13 heteroatoms. The van der Waals surface area contributed by atoms with E-state index in [-0.39, 0.29) is 67.2 Å². The van der Waals surface area contributed by atoms with E-state index in [4.69, 9.17) is 18.9 Å². The molecule has 3 aromatic carbocycles. The molecular formula is C42H51N3O9Si. The van der Waals surface area contributed by atoms with E-state index in [2.05, 4.69) is 32.2 Å². The lowest BCUT2D eigenvalue weighted by Crippen LogP contribution is -2.52. The van der Waals surface area contributed by atoms with E-state index in [1.807, 2.05) is 54.6 Å². The first-order valence-corrected chi connectivity index (χ1v) is 22.3. The van der Waals surface area contributed by atoms with E-state index in [0.717, 1.165) is 23.8 Å². The molecule has 1 spiro atoms. The Kier molecular flexibility index (Phi) is 10.8. The Morgan fingerprint density at radius 1 is 1.00 bits per heavy atom. The van der Waals surface area contributed by atoms with Gasteiger partial charge in [0.25, 0.3) is 11.8 Å². The first-order chi connectivity index (χ1) is 26.5. The molecule has 3 aromatic rings. The molecule has 4 heterocycles. The Balaban J connectivity index is 1.34. The van der Waals surface area contributed by atoms with Gasteiger partial charge in [-0.2, -0.15) is 0 Å². The SMILES string of the molecule is COC(=O)CCCCN1C(=O)[C@]2(O[C@H](CC(=O)N3CCC[C@H]3CO)[C@@H]([Si](C)(C)c3ccc(OC)cc3)[C@@H]2C)c2cc(N3C(=O)COc4ccccc43)ccc21. The summed E-state index contributed by atoms with van der Waals surface area (Å²) in [7, 11) is 0.435. The number of methoxy groups -OCH3 is 2. The number of ether oxygens (including phenoxy) is 4. The molecular weight excluding hydrogens is 719 g/mol. The fraction of sp³-hybridized carbons (Fsp3) is 0.476. The highest BCUT2D eigenvalue weighted by atomic mass is 28.3. The summed E-state index contributed by atoms with van der Waals surface area (Å²) < 4.78 is 23.4. The average molecular weight is 770 g/mol. The van der Waals surface area contributed by atoms with Gasteiger partial charge in [0.1, 0.15) is 11.5 Å². The third-order valence-corrected chi connectivity index (χ3v) is 16.7. The number of esters is 1. The second-order valence-electron chi connectivity index (χ2n) is 15.6. The number of carbonyl (C=O) groups excluding carboxylic acids is 4. The lowest BCUT2D eigenvalue weighted by atomic mass is 9.82. The quantitative estimate of drug-likeness (QED) is 0.153. The first-order valence-electron chi connectivity index (χ1n) is 19.3. The number of para-hydroxylation sites is 2. The molecule has 0 unspecified atom stereocenters. The minimum atomic E-state index is -2.56. The Morgan fingerprint density at radius 2 is 1.76 bits per heavy atom. The van der Waals surface area contributed by atoms with Gasteiger partial charge in [0, 0.05) is 36.7 Å². The lowest BCUT2D eigenvalue weighted by molar-refractivity contribution is -0.150. The van der Waals surface area contributed by atoms with Crippen molar-refractivity contribution in [3.8, 4) is 11.5 Å². The maximum atomic E-state index is 15.3. The second-order valence-corrected chi connectivity index (χ2v) is 20.3. The second kappa shape index (κ2) is 15.4. The van der Waals surface area contributed by atoms with Crippen LogP contribution in [0.3, 0.4) is 0 Å². The van der Waals surface area contributed by atoms with Gasteiger partial charge >= 0.3 is 5.97 Å². The molecule has 0 bridgehead atoms. The van der Waals surface area contributed by atoms with Gasteiger partial charge < -0.3 is 33.9 Å². The molecule has 3 amide bonds. The van der Waals surface area contributed by atoms with Crippen LogP contribution in [0, 0.1) is 5.92 Å². The number of hydrogen-bond acceptors (Lipinski definition) is 9. The van der Waals surface area contributed by atoms with E-state index >= 15 is 4.79 Å². The van der Waals surface area contributed by atoms with E-state index in [9.17, 15) is 19.5 Å². The zero-order valence-corrected chi connectivity index (χ0v) is 33.3. The van der Waals surface area contributed by atoms with E-state index < -0.39 is 19.8 Å². The van der Waals surface area contributed by atoms with Crippen molar-refractivity contribution in [1.82, 2.24) is 4.90 Å². The predicted molar refractivity (Wildman–Crippen MR) is 210 cm³/mol. The number of hydrogen-bond donors (Lipinski definition) is 1. The first kappa shape index (κ1) is 38.5. The van der Waals surface area contributed by atoms with Gasteiger partial charge in [-0.05, 0) is 73.7 Å². The molecule has 55 heavy (non-hydrogen) atoms. The maximum absolute atomic E-state index is 15.3. The fourth-order valence-corrected chi connectivity index (χ4v) is 13.5. The number of amides is 3. The van der Waals surface area contributed by atoms with Crippen molar-refractivity contribution >= 4 is 54.0 Å². The molecule has 0 saturated carbocycles. The van der Waals surface area contributed by atoms with Crippen molar-refractivity contribution in [2.24, 2.45) is 5.92 Å². The number of fused-ring (bicyclic) bond motifs is 3. The largest absolute Gasteiger partial charge is 0.497 e. The highest BCUT2D eigenvalue weighted by molar-refractivity contribution is 6.91.